The maximum absolute atomic E-state index is 13.3. The molecule has 0 atom stereocenters. The van der Waals surface area contributed by atoms with Crippen molar-refractivity contribution in [3.63, 3.8) is 0 Å². The highest BCUT2D eigenvalue weighted by atomic mass is 35.5. The van der Waals surface area contributed by atoms with Crippen molar-refractivity contribution in [1.82, 2.24) is 9.88 Å². The second kappa shape index (κ2) is 9.35. The van der Waals surface area contributed by atoms with Crippen molar-refractivity contribution in [2.24, 2.45) is 0 Å². The lowest BCUT2D eigenvalue weighted by atomic mass is 10.2. The van der Waals surface area contributed by atoms with Gasteiger partial charge in [0.15, 0.2) is 5.13 Å². The lowest BCUT2D eigenvalue weighted by molar-refractivity contribution is 0.0982. The number of hydrogen-bond donors (Lipinski definition) is 0. The number of benzene rings is 1. The van der Waals surface area contributed by atoms with Crippen LogP contribution in [-0.2, 0) is 0 Å². The first-order valence-corrected chi connectivity index (χ1v) is 9.82. The fourth-order valence-electron chi connectivity index (χ4n) is 3.03. The largest absolute Gasteiger partial charge is 0.466 e. The number of nitrogens with zero attached hydrogens (tertiary/aromatic N) is 3. The minimum Gasteiger partial charge on any atom is -0.466 e. The van der Waals surface area contributed by atoms with Crippen molar-refractivity contribution < 1.29 is 9.21 Å². The molecular weight excluding hydrogens is 382 g/mol. The molecule has 0 bridgehead atoms. The van der Waals surface area contributed by atoms with Crippen LogP contribution in [0.5, 0.6) is 0 Å². The van der Waals surface area contributed by atoms with Crippen LogP contribution >= 0.6 is 23.7 Å². The van der Waals surface area contributed by atoms with Gasteiger partial charge in [0.2, 0.25) is 0 Å². The Morgan fingerprint density at radius 1 is 1.15 bits per heavy atom. The zero-order valence-corrected chi connectivity index (χ0v) is 17.8. The van der Waals surface area contributed by atoms with Crippen molar-refractivity contribution in [3.8, 4) is 0 Å². The van der Waals surface area contributed by atoms with Crippen LogP contribution in [0.1, 0.15) is 35.7 Å². The predicted octanol–water partition coefficient (Wildman–Crippen LogP) is 4.92. The van der Waals surface area contributed by atoms with Crippen LogP contribution in [0.3, 0.4) is 0 Å². The highest BCUT2D eigenvalue weighted by Gasteiger charge is 2.24. The number of anilines is 1. The number of fused-ring (bicyclic) bond motifs is 1. The van der Waals surface area contributed by atoms with Crippen molar-refractivity contribution in [2.75, 3.05) is 31.1 Å². The summed E-state index contributed by atoms with van der Waals surface area (Å²) in [4.78, 5) is 22.1. The molecule has 146 valence electrons. The van der Waals surface area contributed by atoms with Gasteiger partial charge in [-0.1, -0.05) is 37.3 Å². The minimum absolute atomic E-state index is 0. The molecule has 0 fully saturated rings. The molecule has 27 heavy (non-hydrogen) atoms. The van der Waals surface area contributed by atoms with E-state index in [9.17, 15) is 4.79 Å². The van der Waals surface area contributed by atoms with Crippen LogP contribution in [0.2, 0.25) is 0 Å². The van der Waals surface area contributed by atoms with Crippen LogP contribution in [-0.4, -0.2) is 42.0 Å². The number of rotatable bonds is 7. The molecule has 2 aromatic heterocycles. The zero-order chi connectivity index (χ0) is 18.7. The first kappa shape index (κ1) is 21.4. The van der Waals surface area contributed by atoms with Crippen LogP contribution in [0, 0.1) is 13.8 Å². The number of thiazole rings is 1. The number of carbonyl (C=O) groups is 1. The normalized spacial score (nSPS) is 11.0. The summed E-state index contributed by atoms with van der Waals surface area (Å²) in [6, 6.07) is 9.80. The third kappa shape index (κ3) is 4.69. The summed E-state index contributed by atoms with van der Waals surface area (Å²) in [5.74, 6) is 1.35. The Morgan fingerprint density at radius 2 is 1.85 bits per heavy atom. The van der Waals surface area contributed by atoms with Gasteiger partial charge in [-0.05, 0) is 45.1 Å². The van der Waals surface area contributed by atoms with E-state index in [1.54, 1.807) is 16.2 Å². The van der Waals surface area contributed by atoms with E-state index in [0.29, 0.717) is 17.9 Å². The summed E-state index contributed by atoms with van der Waals surface area (Å²) < 4.78 is 6.66. The topological polar surface area (TPSA) is 49.6 Å². The number of likely N-dealkylation sites (N-methyl/N-ethyl adjacent to an activating group) is 1. The second-order valence-corrected chi connectivity index (χ2v) is 7.28. The fourth-order valence-corrected chi connectivity index (χ4v) is 4.02. The molecule has 0 aliphatic rings. The molecule has 1 aromatic carbocycles. The lowest BCUT2D eigenvalue weighted by Crippen LogP contribution is -2.39. The van der Waals surface area contributed by atoms with Gasteiger partial charge in [0.05, 0.1) is 15.8 Å². The summed E-state index contributed by atoms with van der Waals surface area (Å²) in [5.41, 5.74) is 1.54. The SMILES string of the molecule is CCN(CC)CCN(C(=O)c1cc(C)oc1C)c1nc2ccccc2s1.Cl. The summed E-state index contributed by atoms with van der Waals surface area (Å²) in [7, 11) is 0. The van der Waals surface area contributed by atoms with Crippen molar-refractivity contribution in [3.05, 3.63) is 47.4 Å². The highest BCUT2D eigenvalue weighted by molar-refractivity contribution is 7.22. The van der Waals surface area contributed by atoms with E-state index in [-0.39, 0.29) is 18.3 Å². The van der Waals surface area contributed by atoms with E-state index in [1.165, 1.54) is 0 Å². The van der Waals surface area contributed by atoms with Gasteiger partial charge < -0.3 is 9.32 Å². The summed E-state index contributed by atoms with van der Waals surface area (Å²) in [6.45, 7) is 11.3. The third-order valence-corrected chi connectivity index (χ3v) is 5.62. The molecule has 3 aromatic rings. The van der Waals surface area contributed by atoms with Crippen molar-refractivity contribution in [2.45, 2.75) is 27.7 Å². The van der Waals surface area contributed by atoms with Crippen LogP contribution in [0.25, 0.3) is 10.2 Å². The number of halogens is 1. The quantitative estimate of drug-likeness (QED) is 0.558. The summed E-state index contributed by atoms with van der Waals surface area (Å²) in [5, 5.41) is 0.738. The van der Waals surface area contributed by atoms with Gasteiger partial charge in [0.25, 0.3) is 5.91 Å². The van der Waals surface area contributed by atoms with Crippen molar-refractivity contribution in [1.29, 1.82) is 0 Å². The van der Waals surface area contributed by atoms with Crippen LogP contribution < -0.4 is 4.90 Å². The van der Waals surface area contributed by atoms with Gasteiger partial charge in [-0.3, -0.25) is 9.69 Å². The average Bonchev–Trinajstić information content (AvgIpc) is 3.20. The molecule has 3 rings (SSSR count). The van der Waals surface area contributed by atoms with E-state index in [4.69, 9.17) is 9.40 Å². The molecule has 0 N–H and O–H groups in total. The lowest BCUT2D eigenvalue weighted by Gasteiger charge is -2.24. The van der Waals surface area contributed by atoms with E-state index < -0.39 is 0 Å². The first-order chi connectivity index (χ1) is 12.5. The number of para-hydroxylation sites is 1. The summed E-state index contributed by atoms with van der Waals surface area (Å²) in [6.07, 6.45) is 0. The number of amides is 1. The van der Waals surface area contributed by atoms with Gasteiger partial charge in [-0.2, -0.15) is 0 Å². The number of furan rings is 1. The number of aryl methyl sites for hydroxylation is 2. The van der Waals surface area contributed by atoms with Gasteiger partial charge in [-0.25, -0.2) is 4.98 Å². The number of carbonyl (C=O) groups excluding carboxylic acids is 1. The molecule has 7 heteroatoms. The molecule has 0 radical (unpaired) electrons. The molecular formula is C20H26ClN3O2S. The smallest absolute Gasteiger partial charge is 0.263 e. The summed E-state index contributed by atoms with van der Waals surface area (Å²) >= 11 is 1.55. The van der Waals surface area contributed by atoms with Gasteiger partial charge in [0.1, 0.15) is 11.5 Å². The Balaban J connectivity index is 0.00000261. The Bertz CT molecular complexity index is 869. The van der Waals surface area contributed by atoms with Crippen LogP contribution in [0.4, 0.5) is 5.13 Å². The van der Waals surface area contributed by atoms with Gasteiger partial charge >= 0.3 is 0 Å². The molecule has 0 unspecified atom stereocenters. The molecule has 0 saturated heterocycles. The van der Waals surface area contributed by atoms with Crippen LogP contribution in [0.15, 0.2) is 34.7 Å². The highest BCUT2D eigenvalue weighted by Crippen LogP contribution is 2.30. The van der Waals surface area contributed by atoms with E-state index in [1.807, 2.05) is 44.2 Å². The molecule has 0 aliphatic carbocycles. The molecule has 0 spiro atoms. The Kier molecular flexibility index (Phi) is 7.41. The predicted molar refractivity (Wildman–Crippen MR) is 115 cm³/mol. The number of aromatic nitrogens is 1. The van der Waals surface area contributed by atoms with E-state index in [0.717, 1.165) is 40.7 Å². The molecule has 2 heterocycles. The maximum Gasteiger partial charge on any atom is 0.263 e. The molecule has 0 saturated carbocycles. The first-order valence-electron chi connectivity index (χ1n) is 9.00. The Labute approximate surface area is 170 Å². The average molecular weight is 408 g/mol. The standard InChI is InChI=1S/C20H25N3O2S.ClH/c1-5-22(6-2)11-12-23(19(24)16-13-14(3)25-15(16)4)20-21-17-9-7-8-10-18(17)26-20;/h7-10,13H,5-6,11-12H2,1-4H3;1H. The molecule has 0 aliphatic heterocycles. The van der Waals surface area contributed by atoms with Gasteiger partial charge in [0, 0.05) is 13.1 Å². The third-order valence-electron chi connectivity index (χ3n) is 4.56. The Hall–Kier alpha value is -1.89. The molecule has 5 nitrogen and oxygen atoms in total. The number of hydrogen-bond acceptors (Lipinski definition) is 5. The van der Waals surface area contributed by atoms with E-state index in [2.05, 4.69) is 18.7 Å². The molecule has 1 amide bonds. The fraction of sp³-hybridized carbons (Fsp3) is 0.400. The van der Waals surface area contributed by atoms with Gasteiger partial charge in [-0.15, -0.1) is 12.4 Å². The Morgan fingerprint density at radius 3 is 2.44 bits per heavy atom. The zero-order valence-electron chi connectivity index (χ0n) is 16.2. The monoisotopic (exact) mass is 407 g/mol. The second-order valence-electron chi connectivity index (χ2n) is 6.27. The van der Waals surface area contributed by atoms with E-state index >= 15 is 0 Å². The minimum atomic E-state index is -0.0504. The maximum atomic E-state index is 13.3. The van der Waals surface area contributed by atoms with Crippen molar-refractivity contribution >= 4 is 45.0 Å².